The van der Waals surface area contributed by atoms with Crippen molar-refractivity contribution in [2.24, 2.45) is 5.73 Å². The summed E-state index contributed by atoms with van der Waals surface area (Å²) in [6.45, 7) is 0.333. The fourth-order valence-electron chi connectivity index (χ4n) is 3.71. The quantitative estimate of drug-likeness (QED) is 0.150. The number of halogens is 1. The van der Waals surface area contributed by atoms with E-state index in [0.29, 0.717) is 59.3 Å². The molecule has 0 fully saturated rings. The van der Waals surface area contributed by atoms with E-state index in [4.69, 9.17) is 27.9 Å². The number of primary amides is 1. The summed E-state index contributed by atoms with van der Waals surface area (Å²) in [7, 11) is -4.15. The number of nitrogen functional groups attached to an aromatic ring is 1. The predicted molar refractivity (Wildman–Crippen MR) is 139 cm³/mol. The highest BCUT2D eigenvalue weighted by molar-refractivity contribution is 7.89. The van der Waals surface area contributed by atoms with Crippen LogP contribution in [0.5, 0.6) is 0 Å². The van der Waals surface area contributed by atoms with Gasteiger partial charge in [-0.2, -0.15) is 10.2 Å². The number of carbonyl (C=O) groups excluding carboxylic acids is 2. The van der Waals surface area contributed by atoms with E-state index in [-0.39, 0.29) is 17.2 Å². The van der Waals surface area contributed by atoms with Gasteiger partial charge in [0.25, 0.3) is 0 Å². The minimum absolute atomic E-state index is 0.0104. The first-order chi connectivity index (χ1) is 17.2. The molecule has 0 aliphatic heterocycles. The lowest BCUT2D eigenvalue weighted by atomic mass is 10.1. The van der Waals surface area contributed by atoms with Crippen molar-refractivity contribution in [1.82, 2.24) is 10.2 Å². The van der Waals surface area contributed by atoms with Gasteiger partial charge >= 0.3 is 5.97 Å². The van der Waals surface area contributed by atoms with Gasteiger partial charge in [-0.3, -0.25) is 4.79 Å². The number of sulfonamides is 1. The van der Waals surface area contributed by atoms with Crippen molar-refractivity contribution in [1.29, 1.82) is 0 Å². The summed E-state index contributed by atoms with van der Waals surface area (Å²) in [5.41, 5.74) is 14.7. The van der Waals surface area contributed by atoms with Crippen LogP contribution in [0.2, 0.25) is 5.02 Å². The van der Waals surface area contributed by atoms with E-state index in [1.807, 2.05) is 0 Å². The van der Waals surface area contributed by atoms with Crippen LogP contribution in [0.25, 0.3) is 10.8 Å². The van der Waals surface area contributed by atoms with Crippen LogP contribution in [0.4, 0.5) is 5.69 Å². The zero-order valence-electron chi connectivity index (χ0n) is 19.6. The van der Waals surface area contributed by atoms with Gasteiger partial charge in [0.15, 0.2) is 0 Å². The number of rotatable bonds is 13. The Bertz CT molecular complexity index is 1330. The fraction of sp³-hybridized carbons (Fsp3) is 0.280. The molecule has 3 aromatic carbocycles. The van der Waals surface area contributed by atoms with Gasteiger partial charge in [0, 0.05) is 40.9 Å². The molecule has 1 amide bonds. The van der Waals surface area contributed by atoms with Gasteiger partial charge in [0.1, 0.15) is 6.04 Å². The highest BCUT2D eigenvalue weighted by Gasteiger charge is 2.29. The Morgan fingerprint density at radius 3 is 2.42 bits per heavy atom. The molecule has 0 bridgehead atoms. The Kier molecular flexibility index (Phi) is 9.65. The summed E-state index contributed by atoms with van der Waals surface area (Å²) < 4.78 is 29.3. The topological polar surface area (TPSA) is 154 Å². The number of nitrogens with two attached hydrogens (primary N) is 2. The Balaban J connectivity index is 1.76. The maximum atomic E-state index is 13.4. The first-order valence-corrected chi connectivity index (χ1v) is 13.3. The minimum atomic E-state index is -4.15. The standard InChI is InChI=1S/C25H29ClN4O5S/c26-20-11-6-10-19-18(20)9-7-13-23(19)36(33,34)30-22(16-17-8-3-4-12-21(17)27)25(32)35-29-15-5-1-2-14-24(28)31/h3-4,6-13,22,29-30H,1-2,5,14-16,27H2,(H2,28,31)/t22-/m0/s1. The first-order valence-electron chi connectivity index (χ1n) is 11.4. The van der Waals surface area contributed by atoms with E-state index < -0.39 is 22.0 Å². The van der Waals surface area contributed by atoms with E-state index >= 15 is 0 Å². The molecule has 0 saturated heterocycles. The second-order valence-corrected chi connectivity index (χ2v) is 10.3. The van der Waals surface area contributed by atoms with E-state index in [2.05, 4.69) is 10.2 Å². The molecule has 9 nitrogen and oxygen atoms in total. The van der Waals surface area contributed by atoms with Crippen molar-refractivity contribution in [2.45, 2.75) is 43.0 Å². The second kappa shape index (κ2) is 12.7. The molecule has 0 spiro atoms. The number of fused-ring (bicyclic) bond motifs is 1. The average Bonchev–Trinajstić information content (AvgIpc) is 2.84. The number of unbranched alkanes of at least 4 members (excludes halogenated alkanes) is 2. The van der Waals surface area contributed by atoms with Gasteiger partial charge < -0.3 is 16.3 Å². The van der Waals surface area contributed by atoms with Crippen molar-refractivity contribution in [3.05, 3.63) is 71.2 Å². The molecule has 3 aromatic rings. The monoisotopic (exact) mass is 532 g/mol. The van der Waals surface area contributed by atoms with Gasteiger partial charge in [-0.1, -0.05) is 60.5 Å². The number of para-hydroxylation sites is 1. The maximum absolute atomic E-state index is 13.4. The lowest BCUT2D eigenvalue weighted by molar-refractivity contribution is -0.153. The molecule has 0 radical (unpaired) electrons. The summed E-state index contributed by atoms with van der Waals surface area (Å²) in [5.74, 6) is -1.17. The van der Waals surface area contributed by atoms with Crippen molar-refractivity contribution >= 4 is 50.0 Å². The molecule has 0 saturated carbocycles. The van der Waals surface area contributed by atoms with Crippen LogP contribution in [0.15, 0.2) is 65.6 Å². The number of amides is 1. The van der Waals surface area contributed by atoms with Gasteiger partial charge in [-0.05, 0) is 36.6 Å². The van der Waals surface area contributed by atoms with E-state index in [0.717, 1.165) is 0 Å². The van der Waals surface area contributed by atoms with E-state index in [1.54, 1.807) is 54.6 Å². The average molecular weight is 533 g/mol. The molecule has 11 heteroatoms. The molecule has 0 aromatic heterocycles. The molecule has 6 N–H and O–H groups in total. The summed E-state index contributed by atoms with van der Waals surface area (Å²) in [6.07, 6.45) is 2.26. The number of hydrogen-bond donors (Lipinski definition) is 4. The third-order valence-electron chi connectivity index (χ3n) is 5.55. The van der Waals surface area contributed by atoms with Gasteiger partial charge in [-0.15, -0.1) is 0 Å². The molecule has 0 heterocycles. The minimum Gasteiger partial charge on any atom is -0.399 e. The second-order valence-electron chi connectivity index (χ2n) is 8.26. The third kappa shape index (κ3) is 7.41. The third-order valence-corrected chi connectivity index (χ3v) is 7.41. The van der Waals surface area contributed by atoms with Gasteiger partial charge in [0.2, 0.25) is 15.9 Å². The van der Waals surface area contributed by atoms with Gasteiger partial charge in [0.05, 0.1) is 4.90 Å². The number of carbonyl (C=O) groups is 2. The van der Waals surface area contributed by atoms with E-state index in [9.17, 15) is 18.0 Å². The first kappa shape index (κ1) is 27.4. The van der Waals surface area contributed by atoms with Crippen LogP contribution in [-0.2, 0) is 30.9 Å². The molecular weight excluding hydrogens is 504 g/mol. The summed E-state index contributed by atoms with van der Waals surface area (Å²) in [4.78, 5) is 28.9. The largest absolute Gasteiger partial charge is 0.399 e. The van der Waals surface area contributed by atoms with Crippen LogP contribution in [0.1, 0.15) is 31.2 Å². The molecule has 36 heavy (non-hydrogen) atoms. The summed E-state index contributed by atoms with van der Waals surface area (Å²) in [6, 6.07) is 15.4. The highest BCUT2D eigenvalue weighted by atomic mass is 35.5. The molecule has 192 valence electrons. The van der Waals surface area contributed by atoms with E-state index in [1.165, 1.54) is 6.07 Å². The van der Waals surface area contributed by atoms with Crippen molar-refractivity contribution < 1.29 is 22.8 Å². The molecule has 0 unspecified atom stereocenters. The smallest absolute Gasteiger partial charge is 0.343 e. The lowest BCUT2D eigenvalue weighted by Crippen LogP contribution is -2.45. The fourth-order valence-corrected chi connectivity index (χ4v) is 5.35. The van der Waals surface area contributed by atoms with Crippen LogP contribution in [0, 0.1) is 0 Å². The number of benzene rings is 3. The zero-order valence-corrected chi connectivity index (χ0v) is 21.1. The molecule has 0 aliphatic rings. The van der Waals surface area contributed by atoms with Crippen molar-refractivity contribution in [2.75, 3.05) is 12.3 Å². The van der Waals surface area contributed by atoms with Crippen LogP contribution in [0.3, 0.4) is 0 Å². The normalized spacial score (nSPS) is 12.4. The molecule has 0 aliphatic carbocycles. The summed E-state index contributed by atoms with van der Waals surface area (Å²) >= 11 is 6.24. The summed E-state index contributed by atoms with van der Waals surface area (Å²) in [5, 5.41) is 1.42. The van der Waals surface area contributed by atoms with Crippen LogP contribution < -0.4 is 21.7 Å². The number of anilines is 1. The molecular formula is C25H29ClN4O5S. The number of hydroxylamine groups is 1. The Morgan fingerprint density at radius 1 is 0.944 bits per heavy atom. The maximum Gasteiger partial charge on any atom is 0.343 e. The molecule has 3 rings (SSSR count). The van der Waals surface area contributed by atoms with Crippen molar-refractivity contribution in [3.8, 4) is 0 Å². The van der Waals surface area contributed by atoms with Crippen LogP contribution in [-0.4, -0.2) is 32.9 Å². The van der Waals surface area contributed by atoms with Crippen molar-refractivity contribution in [3.63, 3.8) is 0 Å². The number of hydrogen-bond acceptors (Lipinski definition) is 7. The number of nitrogens with one attached hydrogen (secondary N) is 2. The highest BCUT2D eigenvalue weighted by Crippen LogP contribution is 2.28. The SMILES string of the molecule is NC(=O)CCCCCNOC(=O)[C@H](Cc1ccccc1N)NS(=O)(=O)c1cccc2c(Cl)cccc12. The Hall–Kier alpha value is -3.18. The van der Waals surface area contributed by atoms with Gasteiger partial charge in [-0.25, -0.2) is 13.2 Å². The molecule has 1 atom stereocenters. The Morgan fingerprint density at radius 2 is 1.67 bits per heavy atom. The predicted octanol–water partition coefficient (Wildman–Crippen LogP) is 3.06. The lowest BCUT2D eigenvalue weighted by Gasteiger charge is -2.19. The zero-order chi connectivity index (χ0) is 26.1. The Labute approximate surface area is 215 Å². The van der Waals surface area contributed by atoms with Crippen LogP contribution >= 0.6 is 11.6 Å².